The van der Waals surface area contributed by atoms with Gasteiger partial charge in [-0.1, -0.05) is 11.8 Å². The van der Waals surface area contributed by atoms with Crippen molar-refractivity contribution in [3.8, 4) is 0 Å². The van der Waals surface area contributed by atoms with Gasteiger partial charge in [0.2, 0.25) is 0 Å². The lowest BCUT2D eigenvalue weighted by atomic mass is 9.94. The average molecular weight is 198 g/mol. The van der Waals surface area contributed by atoms with E-state index in [0.29, 0.717) is 6.08 Å². The summed E-state index contributed by atoms with van der Waals surface area (Å²) >= 11 is 0. The molecule has 14 heavy (non-hydrogen) atoms. The summed E-state index contributed by atoms with van der Waals surface area (Å²) in [7, 11) is 0. The zero-order chi connectivity index (χ0) is 10.9. The number of rotatable bonds is 2. The van der Waals surface area contributed by atoms with Gasteiger partial charge in [0.15, 0.2) is 0 Å². The quantitative estimate of drug-likeness (QED) is 0.491. The fraction of sp³-hybridized carbons (Fsp3) is 0.250. The van der Waals surface area contributed by atoms with Crippen LogP contribution in [-0.2, 0) is 9.59 Å². The molecule has 0 fully saturated rings. The lowest BCUT2D eigenvalue weighted by molar-refractivity contribution is -0.304. The molecule has 1 aliphatic carbocycles. The third-order valence-corrected chi connectivity index (χ3v) is 1.83. The molecule has 0 bridgehead atoms. The maximum Gasteiger partial charge on any atom is 0.331 e. The topological polar surface area (TPSA) is 121 Å². The number of carbonyl (C=O) groups excluding carboxylic acids is 1. The number of hydrogen-bond donors (Lipinski definition) is 2. The molecule has 0 amide bonds. The maximum absolute atomic E-state index is 11.0. The maximum atomic E-state index is 11.0. The summed E-state index contributed by atoms with van der Waals surface area (Å²) in [6, 6.07) is 0. The van der Waals surface area contributed by atoms with Crippen molar-refractivity contribution in [1.82, 2.24) is 0 Å². The second-order valence-electron chi connectivity index (χ2n) is 2.76. The average Bonchev–Trinajstić information content (AvgIpc) is 2.07. The van der Waals surface area contributed by atoms with Crippen LogP contribution >= 0.6 is 0 Å². The first kappa shape index (κ1) is 10.3. The van der Waals surface area contributed by atoms with Gasteiger partial charge in [-0.3, -0.25) is 0 Å². The highest BCUT2D eigenvalue weighted by molar-refractivity contribution is 5.92. The van der Waals surface area contributed by atoms with E-state index in [1.165, 1.54) is 0 Å². The minimum Gasteiger partial charge on any atom is -0.872 e. The first-order valence-electron chi connectivity index (χ1n) is 3.68. The first-order chi connectivity index (χ1) is 6.43. The third kappa shape index (κ3) is 1.74. The number of aliphatic hydroxyl groups is 1. The van der Waals surface area contributed by atoms with Crippen molar-refractivity contribution < 1.29 is 30.0 Å². The number of allylic oxidation sites excluding steroid dienone is 1. The van der Waals surface area contributed by atoms with E-state index in [1.807, 2.05) is 0 Å². The molecule has 6 nitrogen and oxygen atoms in total. The summed E-state index contributed by atoms with van der Waals surface area (Å²) in [5.41, 5.74) is -1.11. The second kappa shape index (κ2) is 3.51. The Labute approximate surface area is 78.4 Å². The Balaban J connectivity index is 3.12. The van der Waals surface area contributed by atoms with Crippen LogP contribution in [0.3, 0.4) is 0 Å². The second-order valence-corrected chi connectivity index (χ2v) is 2.76. The van der Waals surface area contributed by atoms with Gasteiger partial charge in [-0.15, -0.1) is 0 Å². The molecule has 0 saturated carbocycles. The van der Waals surface area contributed by atoms with E-state index < -0.39 is 41.4 Å². The van der Waals surface area contributed by atoms with Crippen LogP contribution in [0.15, 0.2) is 23.0 Å². The summed E-state index contributed by atoms with van der Waals surface area (Å²) in [5, 5.41) is 39.0. The zero-order valence-corrected chi connectivity index (χ0v) is 6.89. The highest BCUT2D eigenvalue weighted by atomic mass is 16.4. The van der Waals surface area contributed by atoms with Gasteiger partial charge in [0.1, 0.15) is 0 Å². The first-order valence-corrected chi connectivity index (χ1v) is 3.68. The Morgan fingerprint density at radius 3 is 2.50 bits per heavy atom. The van der Waals surface area contributed by atoms with Crippen LogP contribution in [0.5, 0.6) is 0 Å². The van der Waals surface area contributed by atoms with Gasteiger partial charge in [0.25, 0.3) is 0 Å². The molecule has 6 heteroatoms. The van der Waals surface area contributed by atoms with Gasteiger partial charge in [-0.05, 0) is 0 Å². The molecule has 76 valence electrons. The molecule has 1 atom stereocenters. The molecule has 0 spiro atoms. The SMILES string of the molecule is O=C([O-])C1=CC([O-])=C(C(=O)O)CC1O. The van der Waals surface area contributed by atoms with E-state index in [4.69, 9.17) is 10.2 Å². The van der Waals surface area contributed by atoms with Gasteiger partial charge in [0.05, 0.1) is 12.1 Å². The monoisotopic (exact) mass is 198 g/mol. The Morgan fingerprint density at radius 1 is 1.50 bits per heavy atom. The Bertz CT molecular complexity index is 351. The minimum atomic E-state index is -1.67. The molecule has 1 rings (SSSR count). The van der Waals surface area contributed by atoms with Crippen molar-refractivity contribution >= 4 is 11.9 Å². The van der Waals surface area contributed by atoms with Crippen LogP contribution in [0.1, 0.15) is 6.42 Å². The van der Waals surface area contributed by atoms with E-state index in [-0.39, 0.29) is 0 Å². The summed E-state index contributed by atoms with van der Waals surface area (Å²) in [5.74, 6) is -4.04. The summed E-state index contributed by atoms with van der Waals surface area (Å²) in [6.45, 7) is 0. The molecule has 1 aliphatic rings. The van der Waals surface area contributed by atoms with E-state index in [1.54, 1.807) is 0 Å². The van der Waals surface area contributed by atoms with Crippen molar-refractivity contribution in [2.24, 2.45) is 0 Å². The predicted octanol–water partition coefficient (Wildman–Crippen LogP) is -2.87. The molecular weight excluding hydrogens is 192 g/mol. The molecule has 0 saturated heterocycles. The number of aliphatic carboxylic acids is 2. The van der Waals surface area contributed by atoms with Crippen LogP contribution in [-0.4, -0.2) is 28.3 Å². The molecule has 0 aromatic heterocycles. The number of carboxylic acid groups (broad SMARTS) is 2. The number of carbonyl (C=O) groups is 2. The lowest BCUT2D eigenvalue weighted by Crippen LogP contribution is -2.35. The van der Waals surface area contributed by atoms with Gasteiger partial charge in [-0.25, -0.2) is 4.79 Å². The zero-order valence-electron chi connectivity index (χ0n) is 6.89. The fourth-order valence-corrected chi connectivity index (χ4v) is 1.12. The summed E-state index contributed by atoms with van der Waals surface area (Å²) < 4.78 is 0. The Morgan fingerprint density at radius 2 is 2.07 bits per heavy atom. The lowest BCUT2D eigenvalue weighted by Gasteiger charge is -2.25. The number of hydrogen-bond acceptors (Lipinski definition) is 5. The summed E-state index contributed by atoms with van der Waals surface area (Å²) in [4.78, 5) is 20.8. The molecule has 0 aromatic carbocycles. The molecule has 0 radical (unpaired) electrons. The number of carboxylic acids is 2. The number of aliphatic hydroxyl groups excluding tert-OH is 1. The van der Waals surface area contributed by atoms with Gasteiger partial charge >= 0.3 is 5.97 Å². The van der Waals surface area contributed by atoms with Gasteiger partial charge in [-0.2, -0.15) is 0 Å². The summed E-state index contributed by atoms with van der Waals surface area (Å²) in [6.07, 6.45) is -1.43. The van der Waals surface area contributed by atoms with E-state index >= 15 is 0 Å². The highest BCUT2D eigenvalue weighted by Crippen LogP contribution is 2.21. The highest BCUT2D eigenvalue weighted by Gasteiger charge is 2.22. The van der Waals surface area contributed by atoms with Crippen LogP contribution in [0.25, 0.3) is 0 Å². The normalized spacial score (nSPS) is 21.8. The fourth-order valence-electron chi connectivity index (χ4n) is 1.12. The van der Waals surface area contributed by atoms with Crippen LogP contribution < -0.4 is 10.2 Å². The van der Waals surface area contributed by atoms with Gasteiger partial charge in [0, 0.05) is 17.6 Å². The van der Waals surface area contributed by atoms with Crippen molar-refractivity contribution in [3.63, 3.8) is 0 Å². The van der Waals surface area contributed by atoms with E-state index in [9.17, 15) is 19.8 Å². The molecular formula is C8H6O6-2. The smallest absolute Gasteiger partial charge is 0.331 e. The molecule has 0 aliphatic heterocycles. The standard InChI is InChI=1S/C8H8O6/c9-5-1-3(7(11)12)6(10)2-4(5)8(13)14/h1,6,9-10H,2H2,(H,11,12)(H,13,14)/p-2. The molecule has 0 heterocycles. The van der Waals surface area contributed by atoms with Crippen molar-refractivity contribution in [2.45, 2.75) is 12.5 Å². The van der Waals surface area contributed by atoms with E-state index in [2.05, 4.69) is 0 Å². The molecule has 0 aromatic rings. The van der Waals surface area contributed by atoms with E-state index in [0.717, 1.165) is 0 Å². The molecule has 1 unspecified atom stereocenters. The predicted molar refractivity (Wildman–Crippen MR) is 38.4 cm³/mol. The molecule has 2 N–H and O–H groups in total. The van der Waals surface area contributed by atoms with Crippen LogP contribution in [0.4, 0.5) is 0 Å². The van der Waals surface area contributed by atoms with Gasteiger partial charge < -0.3 is 25.2 Å². The largest absolute Gasteiger partial charge is 0.872 e. The van der Waals surface area contributed by atoms with Crippen LogP contribution in [0, 0.1) is 0 Å². The van der Waals surface area contributed by atoms with Crippen molar-refractivity contribution in [1.29, 1.82) is 0 Å². The Hall–Kier alpha value is -1.82. The van der Waals surface area contributed by atoms with Crippen molar-refractivity contribution in [3.05, 3.63) is 23.0 Å². The van der Waals surface area contributed by atoms with Crippen molar-refractivity contribution in [2.75, 3.05) is 0 Å². The Kier molecular flexibility index (Phi) is 2.57. The minimum absolute atomic E-state index is 0.506. The third-order valence-electron chi connectivity index (χ3n) is 1.83. The van der Waals surface area contributed by atoms with Crippen LogP contribution in [0.2, 0.25) is 0 Å².